The number of benzene rings is 1. The molecule has 0 aliphatic heterocycles. The molecular formula is C17H30N2. The summed E-state index contributed by atoms with van der Waals surface area (Å²) in [6, 6.07) is 7.29. The predicted molar refractivity (Wildman–Crippen MR) is 84.7 cm³/mol. The zero-order valence-corrected chi connectivity index (χ0v) is 13.3. The van der Waals surface area contributed by atoms with Crippen LogP contribution in [0.15, 0.2) is 18.2 Å². The summed E-state index contributed by atoms with van der Waals surface area (Å²) in [6.45, 7) is 15.5. The van der Waals surface area contributed by atoms with Gasteiger partial charge < -0.3 is 10.2 Å². The smallest absolute Gasteiger partial charge is 0.0449 e. The normalized spacial score (nSPS) is 12.9. The van der Waals surface area contributed by atoms with Crippen LogP contribution in [0, 0.1) is 13.8 Å². The summed E-state index contributed by atoms with van der Waals surface area (Å²) in [5, 5.41) is 3.63. The molecule has 0 heterocycles. The van der Waals surface area contributed by atoms with Crippen LogP contribution in [-0.4, -0.2) is 31.1 Å². The van der Waals surface area contributed by atoms with Crippen LogP contribution < -0.4 is 5.32 Å². The maximum absolute atomic E-state index is 3.63. The van der Waals surface area contributed by atoms with Gasteiger partial charge in [-0.15, -0.1) is 0 Å². The molecule has 0 spiro atoms. The number of hydrogen-bond acceptors (Lipinski definition) is 2. The first-order valence-electron chi connectivity index (χ1n) is 7.65. The first kappa shape index (κ1) is 16.2. The molecule has 0 saturated carbocycles. The highest BCUT2D eigenvalue weighted by molar-refractivity contribution is 5.31. The lowest BCUT2D eigenvalue weighted by Crippen LogP contribution is -2.35. The number of hydrogen-bond donors (Lipinski definition) is 1. The van der Waals surface area contributed by atoms with Gasteiger partial charge in [0.05, 0.1) is 0 Å². The van der Waals surface area contributed by atoms with E-state index in [1.165, 1.54) is 29.7 Å². The number of nitrogens with zero attached hydrogens (tertiary/aromatic N) is 1. The van der Waals surface area contributed by atoms with E-state index in [0.717, 1.165) is 19.6 Å². The molecule has 0 bridgehead atoms. The van der Waals surface area contributed by atoms with Crippen LogP contribution in [0.3, 0.4) is 0 Å². The highest BCUT2D eigenvalue weighted by Crippen LogP contribution is 2.18. The third kappa shape index (κ3) is 4.96. The zero-order valence-electron chi connectivity index (χ0n) is 13.3. The average Bonchev–Trinajstić information content (AvgIpc) is 2.40. The van der Waals surface area contributed by atoms with Crippen molar-refractivity contribution in [3.8, 4) is 0 Å². The van der Waals surface area contributed by atoms with Crippen molar-refractivity contribution in [2.24, 2.45) is 0 Å². The van der Waals surface area contributed by atoms with E-state index in [0.29, 0.717) is 6.04 Å². The molecule has 19 heavy (non-hydrogen) atoms. The molecule has 1 unspecified atom stereocenters. The van der Waals surface area contributed by atoms with Crippen LogP contribution in [-0.2, 0) is 0 Å². The Bertz CT molecular complexity index is 374. The van der Waals surface area contributed by atoms with Crippen LogP contribution in [0.1, 0.15) is 49.9 Å². The molecule has 0 aromatic heterocycles. The molecule has 1 aromatic rings. The number of aryl methyl sites for hydroxylation is 2. The molecule has 1 aromatic carbocycles. The summed E-state index contributed by atoms with van der Waals surface area (Å²) in [4.78, 5) is 2.53. The SMILES string of the molecule is CCCN(CC)CC(NCC)c1ccc(C)c(C)c1. The minimum Gasteiger partial charge on any atom is -0.309 e. The molecule has 1 N–H and O–H groups in total. The molecule has 1 rings (SSSR count). The molecule has 0 amide bonds. The largest absolute Gasteiger partial charge is 0.309 e. The minimum atomic E-state index is 0.441. The van der Waals surface area contributed by atoms with Crippen LogP contribution >= 0.6 is 0 Å². The Hall–Kier alpha value is -0.860. The Morgan fingerprint density at radius 3 is 2.37 bits per heavy atom. The first-order chi connectivity index (χ1) is 9.12. The summed E-state index contributed by atoms with van der Waals surface area (Å²) in [7, 11) is 0. The third-order valence-corrected chi connectivity index (χ3v) is 3.81. The van der Waals surface area contributed by atoms with Gasteiger partial charge in [-0.3, -0.25) is 0 Å². The van der Waals surface area contributed by atoms with Gasteiger partial charge in [-0.25, -0.2) is 0 Å². The molecule has 108 valence electrons. The zero-order chi connectivity index (χ0) is 14.3. The highest BCUT2D eigenvalue weighted by atomic mass is 15.1. The molecule has 0 radical (unpaired) electrons. The van der Waals surface area contributed by atoms with Gasteiger partial charge in [0.1, 0.15) is 0 Å². The lowest BCUT2D eigenvalue weighted by Gasteiger charge is -2.27. The van der Waals surface area contributed by atoms with Gasteiger partial charge in [-0.05, 0) is 56.6 Å². The molecule has 0 fully saturated rings. The molecule has 1 atom stereocenters. The van der Waals surface area contributed by atoms with Gasteiger partial charge in [0.15, 0.2) is 0 Å². The van der Waals surface area contributed by atoms with Crippen molar-refractivity contribution in [2.75, 3.05) is 26.2 Å². The molecule has 0 aliphatic carbocycles. The van der Waals surface area contributed by atoms with E-state index in [-0.39, 0.29) is 0 Å². The van der Waals surface area contributed by atoms with E-state index in [1.807, 2.05) is 0 Å². The van der Waals surface area contributed by atoms with Gasteiger partial charge in [-0.1, -0.05) is 39.0 Å². The quantitative estimate of drug-likeness (QED) is 0.768. The summed E-state index contributed by atoms with van der Waals surface area (Å²) >= 11 is 0. The van der Waals surface area contributed by atoms with Crippen LogP contribution in [0.4, 0.5) is 0 Å². The molecule has 2 heteroatoms. The Morgan fingerprint density at radius 1 is 1.11 bits per heavy atom. The maximum atomic E-state index is 3.63. The van der Waals surface area contributed by atoms with E-state index in [4.69, 9.17) is 0 Å². The molecule has 0 aliphatic rings. The van der Waals surface area contributed by atoms with Gasteiger partial charge in [0, 0.05) is 12.6 Å². The second kappa shape index (κ2) is 8.34. The standard InChI is InChI=1S/C17H30N2/c1-6-11-19(8-3)13-17(18-7-2)16-10-9-14(4)15(5)12-16/h9-10,12,17-18H,6-8,11,13H2,1-5H3. The van der Waals surface area contributed by atoms with Crippen molar-refractivity contribution < 1.29 is 0 Å². The lowest BCUT2D eigenvalue weighted by molar-refractivity contribution is 0.255. The van der Waals surface area contributed by atoms with Crippen LogP contribution in [0.5, 0.6) is 0 Å². The van der Waals surface area contributed by atoms with Crippen molar-refractivity contribution in [3.05, 3.63) is 34.9 Å². The Morgan fingerprint density at radius 2 is 1.84 bits per heavy atom. The highest BCUT2D eigenvalue weighted by Gasteiger charge is 2.14. The van der Waals surface area contributed by atoms with E-state index in [9.17, 15) is 0 Å². The first-order valence-corrected chi connectivity index (χ1v) is 7.65. The fourth-order valence-electron chi connectivity index (χ4n) is 2.47. The Balaban J connectivity index is 2.83. The third-order valence-electron chi connectivity index (χ3n) is 3.81. The van der Waals surface area contributed by atoms with Gasteiger partial charge >= 0.3 is 0 Å². The van der Waals surface area contributed by atoms with Crippen LogP contribution in [0.2, 0.25) is 0 Å². The topological polar surface area (TPSA) is 15.3 Å². The van der Waals surface area contributed by atoms with Crippen molar-refractivity contribution in [2.45, 2.75) is 47.1 Å². The van der Waals surface area contributed by atoms with Crippen molar-refractivity contribution in [1.82, 2.24) is 10.2 Å². The molecule has 2 nitrogen and oxygen atoms in total. The average molecular weight is 262 g/mol. The van der Waals surface area contributed by atoms with Crippen LogP contribution in [0.25, 0.3) is 0 Å². The lowest BCUT2D eigenvalue weighted by atomic mass is 10.0. The fourth-order valence-corrected chi connectivity index (χ4v) is 2.47. The predicted octanol–water partition coefficient (Wildman–Crippen LogP) is 3.69. The summed E-state index contributed by atoms with van der Waals surface area (Å²) in [5.74, 6) is 0. The summed E-state index contributed by atoms with van der Waals surface area (Å²) in [6.07, 6.45) is 1.22. The Kier molecular flexibility index (Phi) is 7.11. The van der Waals surface area contributed by atoms with E-state index in [1.54, 1.807) is 0 Å². The maximum Gasteiger partial charge on any atom is 0.0449 e. The van der Waals surface area contributed by atoms with E-state index < -0.39 is 0 Å². The van der Waals surface area contributed by atoms with Crippen molar-refractivity contribution in [1.29, 1.82) is 0 Å². The number of rotatable bonds is 8. The number of nitrogens with one attached hydrogen (secondary N) is 1. The number of likely N-dealkylation sites (N-methyl/N-ethyl adjacent to an activating group) is 2. The second-order valence-corrected chi connectivity index (χ2v) is 5.35. The monoisotopic (exact) mass is 262 g/mol. The van der Waals surface area contributed by atoms with Crippen molar-refractivity contribution in [3.63, 3.8) is 0 Å². The van der Waals surface area contributed by atoms with E-state index >= 15 is 0 Å². The van der Waals surface area contributed by atoms with Gasteiger partial charge in [0.25, 0.3) is 0 Å². The van der Waals surface area contributed by atoms with Gasteiger partial charge in [0.2, 0.25) is 0 Å². The second-order valence-electron chi connectivity index (χ2n) is 5.35. The van der Waals surface area contributed by atoms with Gasteiger partial charge in [-0.2, -0.15) is 0 Å². The van der Waals surface area contributed by atoms with Crippen molar-refractivity contribution >= 4 is 0 Å². The molecule has 0 saturated heterocycles. The summed E-state index contributed by atoms with van der Waals surface area (Å²) in [5.41, 5.74) is 4.18. The fraction of sp³-hybridized carbons (Fsp3) is 0.647. The summed E-state index contributed by atoms with van der Waals surface area (Å²) < 4.78 is 0. The minimum absolute atomic E-state index is 0.441. The van der Waals surface area contributed by atoms with E-state index in [2.05, 4.69) is 63.0 Å². The molecular weight excluding hydrogens is 232 g/mol. The Labute approximate surface area is 119 Å².